The first-order valence-electron chi connectivity index (χ1n) is 6.09. The lowest BCUT2D eigenvalue weighted by Gasteiger charge is -2.04. The normalized spacial score (nSPS) is 10.4. The lowest BCUT2D eigenvalue weighted by molar-refractivity contribution is 0.102. The van der Waals surface area contributed by atoms with E-state index in [9.17, 15) is 4.79 Å². The number of carbonyl (C=O) groups excluding carboxylic acids is 1. The first kappa shape index (κ1) is 12.6. The number of nitrogens with one attached hydrogen (secondary N) is 1. The van der Waals surface area contributed by atoms with E-state index < -0.39 is 0 Å². The maximum Gasteiger partial charge on any atom is 0.278 e. The Morgan fingerprint density at radius 1 is 1.25 bits per heavy atom. The minimum atomic E-state index is -0.272. The molecule has 0 aliphatic carbocycles. The highest BCUT2D eigenvalue weighted by atomic mass is 32.1. The summed E-state index contributed by atoms with van der Waals surface area (Å²) < 4.78 is 5.33. The molecule has 0 aliphatic heterocycles. The first-order chi connectivity index (χ1) is 9.74. The highest BCUT2D eigenvalue weighted by Gasteiger charge is 2.18. The molecular formula is C15H12N2O2S. The van der Waals surface area contributed by atoms with E-state index in [0.717, 1.165) is 16.1 Å². The molecule has 100 valence electrons. The molecule has 1 aromatic carbocycles. The van der Waals surface area contributed by atoms with Crippen molar-refractivity contribution < 1.29 is 9.21 Å². The van der Waals surface area contributed by atoms with E-state index in [0.29, 0.717) is 11.5 Å². The lowest BCUT2D eigenvalue weighted by atomic mass is 10.2. The van der Waals surface area contributed by atoms with Gasteiger partial charge in [-0.25, -0.2) is 4.98 Å². The number of aromatic nitrogens is 1. The zero-order chi connectivity index (χ0) is 13.9. The molecule has 0 radical (unpaired) electrons. The molecule has 1 N–H and O–H groups in total. The number of thiophene rings is 1. The second-order valence-corrected chi connectivity index (χ2v) is 5.28. The van der Waals surface area contributed by atoms with Crippen molar-refractivity contribution in [1.29, 1.82) is 0 Å². The number of hydrogen-bond acceptors (Lipinski definition) is 4. The van der Waals surface area contributed by atoms with Gasteiger partial charge >= 0.3 is 0 Å². The predicted molar refractivity (Wildman–Crippen MR) is 78.9 cm³/mol. The summed E-state index contributed by atoms with van der Waals surface area (Å²) in [5.41, 5.74) is 2.18. The third kappa shape index (κ3) is 2.48. The van der Waals surface area contributed by atoms with Gasteiger partial charge in [-0.2, -0.15) is 0 Å². The van der Waals surface area contributed by atoms with Crippen LogP contribution < -0.4 is 5.32 Å². The fourth-order valence-electron chi connectivity index (χ4n) is 1.82. The van der Waals surface area contributed by atoms with Gasteiger partial charge in [-0.05, 0) is 30.5 Å². The Kier molecular flexibility index (Phi) is 3.35. The van der Waals surface area contributed by atoms with Crippen molar-refractivity contribution in [3.05, 3.63) is 59.4 Å². The quantitative estimate of drug-likeness (QED) is 0.792. The number of nitrogens with zero attached hydrogens (tertiary/aromatic N) is 1. The van der Waals surface area contributed by atoms with Crippen LogP contribution in [0.25, 0.3) is 10.6 Å². The van der Waals surface area contributed by atoms with Crippen LogP contribution in [0.5, 0.6) is 0 Å². The minimum Gasteiger partial charge on any atom is -0.442 e. The van der Waals surface area contributed by atoms with Crippen molar-refractivity contribution >= 4 is 22.9 Å². The van der Waals surface area contributed by atoms with Gasteiger partial charge < -0.3 is 9.73 Å². The first-order valence-corrected chi connectivity index (χ1v) is 6.97. The Hall–Kier alpha value is -2.40. The zero-order valence-corrected chi connectivity index (χ0v) is 11.6. The smallest absolute Gasteiger partial charge is 0.278 e. The van der Waals surface area contributed by atoms with E-state index in [1.807, 2.05) is 48.7 Å². The number of oxazole rings is 1. The van der Waals surface area contributed by atoms with Crippen LogP contribution in [0.4, 0.5) is 5.69 Å². The number of anilines is 1. The van der Waals surface area contributed by atoms with Crippen LogP contribution in [-0.2, 0) is 0 Å². The van der Waals surface area contributed by atoms with Gasteiger partial charge in [-0.15, -0.1) is 11.3 Å². The van der Waals surface area contributed by atoms with E-state index in [4.69, 9.17) is 4.42 Å². The Bertz CT molecular complexity index is 715. The number of rotatable bonds is 3. The van der Waals surface area contributed by atoms with Crippen LogP contribution in [-0.4, -0.2) is 10.9 Å². The average molecular weight is 284 g/mol. The lowest BCUT2D eigenvalue weighted by Crippen LogP contribution is -2.13. The molecule has 5 heteroatoms. The van der Waals surface area contributed by atoms with Crippen LogP contribution in [0.15, 0.2) is 52.6 Å². The van der Waals surface area contributed by atoms with Gasteiger partial charge in [0.15, 0.2) is 17.8 Å². The summed E-state index contributed by atoms with van der Waals surface area (Å²) in [5.74, 6) is 0.232. The van der Waals surface area contributed by atoms with Crippen LogP contribution in [0.3, 0.4) is 0 Å². The zero-order valence-electron chi connectivity index (χ0n) is 10.8. The van der Waals surface area contributed by atoms with E-state index in [1.165, 1.54) is 17.7 Å². The second-order valence-electron chi connectivity index (χ2n) is 4.33. The molecule has 4 nitrogen and oxygen atoms in total. The Morgan fingerprint density at radius 2 is 2.05 bits per heavy atom. The van der Waals surface area contributed by atoms with E-state index >= 15 is 0 Å². The molecule has 0 atom stereocenters. The predicted octanol–water partition coefficient (Wildman–Crippen LogP) is 3.96. The van der Waals surface area contributed by atoms with E-state index in [1.54, 1.807) is 0 Å². The van der Waals surface area contributed by atoms with Gasteiger partial charge in [0.25, 0.3) is 5.91 Å². The Labute approximate surface area is 120 Å². The molecule has 0 fully saturated rings. The summed E-state index contributed by atoms with van der Waals surface area (Å²) >= 11 is 1.51. The number of aryl methyl sites for hydroxylation is 1. The Morgan fingerprint density at radius 3 is 2.75 bits per heavy atom. The van der Waals surface area contributed by atoms with E-state index in [-0.39, 0.29) is 5.91 Å². The standard InChI is InChI=1S/C15H12N2O2S/c1-10-4-6-11(7-5-10)17-15(18)13-14(19-9-16-13)12-3-2-8-20-12/h2-9H,1H3,(H,17,18). The fourth-order valence-corrected chi connectivity index (χ4v) is 2.53. The second kappa shape index (κ2) is 5.30. The molecule has 1 amide bonds. The molecule has 2 aromatic heterocycles. The van der Waals surface area contributed by atoms with Gasteiger partial charge in [0.2, 0.25) is 0 Å². The van der Waals surface area contributed by atoms with Crippen molar-refractivity contribution in [1.82, 2.24) is 4.98 Å². The molecule has 0 aliphatic rings. The number of hydrogen-bond donors (Lipinski definition) is 1. The molecule has 3 aromatic rings. The number of amides is 1. The molecule has 20 heavy (non-hydrogen) atoms. The SMILES string of the molecule is Cc1ccc(NC(=O)c2ncoc2-c2cccs2)cc1. The highest BCUT2D eigenvalue weighted by molar-refractivity contribution is 7.13. The molecule has 0 unspecified atom stereocenters. The van der Waals surface area contributed by atoms with Gasteiger partial charge in [0.1, 0.15) is 0 Å². The topological polar surface area (TPSA) is 55.1 Å². The van der Waals surface area contributed by atoms with Crippen LogP contribution >= 0.6 is 11.3 Å². The van der Waals surface area contributed by atoms with Crippen molar-refractivity contribution in [3.63, 3.8) is 0 Å². The molecule has 0 saturated heterocycles. The maximum atomic E-state index is 12.2. The summed E-state index contributed by atoms with van der Waals surface area (Å²) in [6.07, 6.45) is 1.29. The van der Waals surface area contributed by atoms with Crippen LogP contribution in [0, 0.1) is 6.92 Å². The van der Waals surface area contributed by atoms with Gasteiger partial charge in [-0.1, -0.05) is 23.8 Å². The van der Waals surface area contributed by atoms with Crippen LogP contribution in [0.1, 0.15) is 16.1 Å². The summed E-state index contributed by atoms with van der Waals surface area (Å²) in [6, 6.07) is 11.4. The molecule has 2 heterocycles. The van der Waals surface area contributed by atoms with Gasteiger partial charge in [0.05, 0.1) is 4.88 Å². The number of carbonyl (C=O) groups is 1. The third-order valence-electron chi connectivity index (χ3n) is 2.84. The Balaban J connectivity index is 1.85. The van der Waals surface area contributed by atoms with Crippen molar-refractivity contribution in [3.8, 4) is 10.6 Å². The van der Waals surface area contributed by atoms with Gasteiger partial charge in [-0.3, -0.25) is 4.79 Å². The summed E-state index contributed by atoms with van der Waals surface area (Å²) in [5, 5.41) is 4.75. The summed E-state index contributed by atoms with van der Waals surface area (Å²) in [4.78, 5) is 17.1. The maximum absolute atomic E-state index is 12.2. The molecule has 0 spiro atoms. The molecule has 3 rings (SSSR count). The molecular weight excluding hydrogens is 272 g/mol. The average Bonchev–Trinajstić information content (AvgIpc) is 3.11. The van der Waals surface area contributed by atoms with Gasteiger partial charge in [0, 0.05) is 5.69 Å². The van der Waals surface area contributed by atoms with E-state index in [2.05, 4.69) is 10.3 Å². The third-order valence-corrected chi connectivity index (χ3v) is 3.71. The van der Waals surface area contributed by atoms with Crippen molar-refractivity contribution in [2.45, 2.75) is 6.92 Å². The largest absolute Gasteiger partial charge is 0.442 e. The molecule has 0 saturated carbocycles. The molecule has 0 bridgehead atoms. The summed E-state index contributed by atoms with van der Waals surface area (Å²) in [6.45, 7) is 2.00. The highest BCUT2D eigenvalue weighted by Crippen LogP contribution is 2.28. The number of benzene rings is 1. The fraction of sp³-hybridized carbons (Fsp3) is 0.0667. The minimum absolute atomic E-state index is 0.272. The monoisotopic (exact) mass is 284 g/mol. The van der Waals surface area contributed by atoms with Crippen molar-refractivity contribution in [2.24, 2.45) is 0 Å². The van der Waals surface area contributed by atoms with Crippen LogP contribution in [0.2, 0.25) is 0 Å². The summed E-state index contributed by atoms with van der Waals surface area (Å²) in [7, 11) is 0. The van der Waals surface area contributed by atoms with Crippen molar-refractivity contribution in [2.75, 3.05) is 5.32 Å².